The van der Waals surface area contributed by atoms with E-state index in [2.05, 4.69) is 4.98 Å². The van der Waals surface area contributed by atoms with Crippen molar-refractivity contribution in [2.24, 2.45) is 7.05 Å². The quantitative estimate of drug-likeness (QED) is 0.724. The first-order chi connectivity index (χ1) is 7.52. The third kappa shape index (κ3) is 1.46. The smallest absolute Gasteiger partial charge is 0.332 e. The van der Waals surface area contributed by atoms with Crippen LogP contribution in [0, 0.1) is 0 Å². The van der Waals surface area contributed by atoms with Gasteiger partial charge in [0.05, 0.1) is 12.0 Å². The Morgan fingerprint density at radius 3 is 2.81 bits per heavy atom. The van der Waals surface area contributed by atoms with Crippen molar-refractivity contribution >= 4 is 11.9 Å². The maximum atomic E-state index is 11.4. The summed E-state index contributed by atoms with van der Waals surface area (Å²) in [5, 5.41) is 9.17. The number of carboxylic acids is 1. The highest BCUT2D eigenvalue weighted by atomic mass is 16.4. The van der Waals surface area contributed by atoms with Crippen LogP contribution < -0.4 is 0 Å². The van der Waals surface area contributed by atoms with Crippen LogP contribution in [0.4, 0.5) is 0 Å². The summed E-state index contributed by atoms with van der Waals surface area (Å²) in [7, 11) is 1.83. The monoisotopic (exact) mass is 223 g/mol. The topological polar surface area (TPSA) is 75.4 Å². The molecule has 6 heteroatoms. The number of nitrogens with zero attached hydrogens (tertiary/aromatic N) is 3. The van der Waals surface area contributed by atoms with Crippen LogP contribution in [0.25, 0.3) is 0 Å². The molecule has 0 bridgehead atoms. The summed E-state index contributed by atoms with van der Waals surface area (Å²) < 4.78 is 1.81. The van der Waals surface area contributed by atoms with E-state index in [1.807, 2.05) is 11.6 Å². The number of carbonyl (C=O) groups excluding carboxylic acids is 1. The standard InChI is InChI=1S/C10H13N3O3/c1-6(14)13-4-3-7-8(9(13)10(15)16)11-5-12(7)2/h5,9H,3-4H2,1-2H3,(H,15,16). The molecule has 6 nitrogen and oxygen atoms in total. The number of hydrogen-bond acceptors (Lipinski definition) is 3. The molecule has 0 aliphatic carbocycles. The van der Waals surface area contributed by atoms with Crippen molar-refractivity contribution in [1.82, 2.24) is 14.5 Å². The van der Waals surface area contributed by atoms with Crippen LogP contribution in [0.15, 0.2) is 6.33 Å². The zero-order valence-corrected chi connectivity index (χ0v) is 9.17. The number of carboxylic acid groups (broad SMARTS) is 1. The average molecular weight is 223 g/mol. The number of aryl methyl sites for hydroxylation is 1. The molecular formula is C10H13N3O3. The molecule has 0 aromatic carbocycles. The van der Waals surface area contributed by atoms with E-state index < -0.39 is 12.0 Å². The highest BCUT2D eigenvalue weighted by molar-refractivity contribution is 5.83. The summed E-state index contributed by atoms with van der Waals surface area (Å²) in [5.74, 6) is -1.27. The molecule has 1 aliphatic heterocycles. The molecule has 0 fully saturated rings. The molecule has 1 aliphatic rings. The molecule has 0 spiro atoms. The van der Waals surface area contributed by atoms with Crippen molar-refractivity contribution in [3.8, 4) is 0 Å². The molecule has 1 aromatic heterocycles. The van der Waals surface area contributed by atoms with Gasteiger partial charge in [0.25, 0.3) is 0 Å². The third-order valence-electron chi connectivity index (χ3n) is 2.89. The van der Waals surface area contributed by atoms with Crippen LogP contribution in [0.5, 0.6) is 0 Å². The molecule has 1 N–H and O–H groups in total. The Bertz CT molecular complexity index is 452. The van der Waals surface area contributed by atoms with Crippen LogP contribution in [0.3, 0.4) is 0 Å². The van der Waals surface area contributed by atoms with Crippen LogP contribution in [-0.4, -0.2) is 38.0 Å². The Morgan fingerprint density at radius 1 is 1.56 bits per heavy atom. The maximum Gasteiger partial charge on any atom is 0.332 e. The summed E-state index contributed by atoms with van der Waals surface area (Å²) in [6, 6.07) is -0.942. The minimum atomic E-state index is -1.03. The van der Waals surface area contributed by atoms with Gasteiger partial charge in [-0.2, -0.15) is 0 Å². The molecule has 16 heavy (non-hydrogen) atoms. The summed E-state index contributed by atoms with van der Waals surface area (Å²) >= 11 is 0. The minimum absolute atomic E-state index is 0.233. The molecular weight excluding hydrogens is 210 g/mol. The van der Waals surface area contributed by atoms with Gasteiger partial charge in [0, 0.05) is 32.6 Å². The number of imidazole rings is 1. The lowest BCUT2D eigenvalue weighted by atomic mass is 10.0. The van der Waals surface area contributed by atoms with Gasteiger partial charge in [0.1, 0.15) is 0 Å². The first-order valence-corrected chi connectivity index (χ1v) is 5.02. The van der Waals surface area contributed by atoms with Crippen molar-refractivity contribution in [3.05, 3.63) is 17.7 Å². The van der Waals surface area contributed by atoms with E-state index in [0.29, 0.717) is 18.7 Å². The van der Waals surface area contributed by atoms with Crippen molar-refractivity contribution in [1.29, 1.82) is 0 Å². The largest absolute Gasteiger partial charge is 0.479 e. The first-order valence-electron chi connectivity index (χ1n) is 5.02. The third-order valence-corrected chi connectivity index (χ3v) is 2.89. The van der Waals surface area contributed by atoms with E-state index >= 15 is 0 Å². The second-order valence-electron chi connectivity index (χ2n) is 3.89. The van der Waals surface area contributed by atoms with Gasteiger partial charge in [0.2, 0.25) is 5.91 Å². The lowest BCUT2D eigenvalue weighted by Crippen LogP contribution is -2.42. The Hall–Kier alpha value is -1.85. The zero-order valence-electron chi connectivity index (χ0n) is 9.17. The maximum absolute atomic E-state index is 11.4. The van der Waals surface area contributed by atoms with Crippen molar-refractivity contribution in [2.45, 2.75) is 19.4 Å². The van der Waals surface area contributed by atoms with Crippen molar-refractivity contribution < 1.29 is 14.7 Å². The molecule has 1 unspecified atom stereocenters. The van der Waals surface area contributed by atoms with E-state index in [-0.39, 0.29) is 5.91 Å². The molecule has 1 aromatic rings. The normalized spacial score (nSPS) is 19.4. The fourth-order valence-electron chi connectivity index (χ4n) is 2.10. The second kappa shape index (κ2) is 3.62. The Balaban J connectivity index is 2.47. The fourth-order valence-corrected chi connectivity index (χ4v) is 2.10. The van der Waals surface area contributed by atoms with Gasteiger partial charge in [-0.3, -0.25) is 4.79 Å². The Kier molecular flexibility index (Phi) is 2.41. The summed E-state index contributed by atoms with van der Waals surface area (Å²) in [5.41, 5.74) is 1.38. The lowest BCUT2D eigenvalue weighted by Gasteiger charge is -2.31. The number of rotatable bonds is 1. The van der Waals surface area contributed by atoms with Crippen LogP contribution in [0.1, 0.15) is 24.4 Å². The van der Waals surface area contributed by atoms with Gasteiger partial charge in [0.15, 0.2) is 6.04 Å². The van der Waals surface area contributed by atoms with E-state index in [9.17, 15) is 14.7 Å². The molecule has 0 saturated heterocycles. The lowest BCUT2D eigenvalue weighted by molar-refractivity contribution is -0.150. The number of amides is 1. The number of carbonyl (C=O) groups is 2. The molecule has 2 rings (SSSR count). The van der Waals surface area contributed by atoms with Crippen LogP contribution in [0.2, 0.25) is 0 Å². The second-order valence-corrected chi connectivity index (χ2v) is 3.89. The Morgan fingerprint density at radius 2 is 2.25 bits per heavy atom. The number of fused-ring (bicyclic) bond motifs is 1. The molecule has 0 saturated carbocycles. The highest BCUT2D eigenvalue weighted by Crippen LogP contribution is 2.28. The van der Waals surface area contributed by atoms with E-state index in [1.54, 1.807) is 6.33 Å². The minimum Gasteiger partial charge on any atom is -0.479 e. The van der Waals surface area contributed by atoms with E-state index in [4.69, 9.17) is 0 Å². The predicted octanol–water partition coefficient (Wildman–Crippen LogP) is -0.0496. The molecule has 86 valence electrons. The highest BCUT2D eigenvalue weighted by Gasteiger charge is 2.37. The average Bonchev–Trinajstić information content (AvgIpc) is 2.58. The molecule has 1 amide bonds. The number of aliphatic carboxylic acids is 1. The fraction of sp³-hybridized carbons (Fsp3) is 0.500. The van der Waals surface area contributed by atoms with Gasteiger partial charge >= 0.3 is 5.97 Å². The Labute approximate surface area is 92.5 Å². The van der Waals surface area contributed by atoms with Crippen LogP contribution >= 0.6 is 0 Å². The summed E-state index contributed by atoms with van der Waals surface area (Å²) in [6.07, 6.45) is 2.24. The van der Waals surface area contributed by atoms with Gasteiger partial charge in [-0.1, -0.05) is 0 Å². The number of aromatic nitrogens is 2. The van der Waals surface area contributed by atoms with Gasteiger partial charge in [-0.25, -0.2) is 9.78 Å². The molecule has 1 atom stereocenters. The van der Waals surface area contributed by atoms with Gasteiger partial charge < -0.3 is 14.6 Å². The van der Waals surface area contributed by atoms with Crippen LogP contribution in [-0.2, 0) is 23.1 Å². The van der Waals surface area contributed by atoms with E-state index in [0.717, 1.165) is 5.69 Å². The van der Waals surface area contributed by atoms with Gasteiger partial charge in [-0.15, -0.1) is 0 Å². The summed E-state index contributed by atoms with van der Waals surface area (Å²) in [4.78, 5) is 28.0. The SMILES string of the molecule is CC(=O)N1CCc2c(ncn2C)C1C(=O)O. The van der Waals surface area contributed by atoms with E-state index in [1.165, 1.54) is 11.8 Å². The van der Waals surface area contributed by atoms with Crippen molar-refractivity contribution in [2.75, 3.05) is 6.54 Å². The molecule has 0 radical (unpaired) electrons. The predicted molar refractivity (Wildman–Crippen MR) is 54.7 cm³/mol. The van der Waals surface area contributed by atoms with Crippen molar-refractivity contribution in [3.63, 3.8) is 0 Å². The summed E-state index contributed by atoms with van der Waals surface area (Å²) in [6.45, 7) is 1.81. The molecule has 2 heterocycles. The first kappa shape index (κ1) is 10.7. The number of hydrogen-bond donors (Lipinski definition) is 1. The van der Waals surface area contributed by atoms with Gasteiger partial charge in [-0.05, 0) is 0 Å². The zero-order chi connectivity index (χ0) is 11.9.